The zero-order valence-electron chi connectivity index (χ0n) is 16.2. The molecule has 4 aromatic rings. The second kappa shape index (κ2) is 8.15. The van der Waals surface area contributed by atoms with E-state index >= 15 is 0 Å². The Morgan fingerprint density at radius 2 is 1.13 bits per heavy atom. The van der Waals surface area contributed by atoms with Gasteiger partial charge in [0, 0.05) is 0 Å². The molecule has 0 fully saturated rings. The molecule has 0 aliphatic rings. The summed E-state index contributed by atoms with van der Waals surface area (Å²) in [6.45, 7) is 0. The molecule has 0 aliphatic heterocycles. The first-order valence-corrected chi connectivity index (χ1v) is 14.1. The Hall–Kier alpha value is -2.79. The predicted octanol–water partition coefficient (Wildman–Crippen LogP) is 6.04. The van der Waals surface area contributed by atoms with Gasteiger partial charge < -0.3 is 0 Å². The summed E-state index contributed by atoms with van der Waals surface area (Å²) in [6, 6.07) is 38.0. The molecule has 0 radical (unpaired) electrons. The number of hydrogen-bond donors (Lipinski definition) is 0. The van der Waals surface area contributed by atoms with Crippen LogP contribution < -0.4 is 15.9 Å². The Kier molecular flexibility index (Phi) is 5.56. The fraction of sp³-hybridized carbons (Fsp3) is 0.0385. The Labute approximate surface area is 184 Å². The number of halogens is 2. The average molecular weight is 476 g/mol. The molecule has 0 saturated carbocycles. The number of hydrogen-bond acceptors (Lipinski definition) is 1. The van der Waals surface area contributed by atoms with Gasteiger partial charge in [-0.2, -0.15) is 0 Å². The van der Waals surface area contributed by atoms with Crippen molar-refractivity contribution in [2.45, 2.75) is 6.16 Å². The van der Waals surface area contributed by atoms with Crippen LogP contribution in [0.15, 0.2) is 109 Å². The quantitative estimate of drug-likeness (QED) is 0.323. The molecule has 0 unspecified atom stereocenters. The Balaban J connectivity index is 2.06. The Morgan fingerprint density at radius 1 is 0.700 bits per heavy atom. The summed E-state index contributed by atoms with van der Waals surface area (Å²) >= 11 is 4.36. The monoisotopic (exact) mass is 475 g/mol. The second-order valence-corrected chi connectivity index (χ2v) is 16.2. The van der Waals surface area contributed by atoms with Gasteiger partial charge >= 0.3 is 185 Å². The summed E-state index contributed by atoms with van der Waals surface area (Å²) in [4.78, 5) is 0. The van der Waals surface area contributed by atoms with Crippen LogP contribution in [0.1, 0.15) is 11.1 Å². The van der Waals surface area contributed by atoms with Gasteiger partial charge in [-0.1, -0.05) is 0 Å². The number of nitriles is 1. The molecule has 0 aromatic heterocycles. The molecule has 4 rings (SSSR count). The molecule has 0 heterocycles. The van der Waals surface area contributed by atoms with Crippen molar-refractivity contribution in [3.8, 4) is 6.07 Å². The molecule has 0 aliphatic carbocycles. The van der Waals surface area contributed by atoms with E-state index in [-0.39, 0.29) is 5.56 Å². The van der Waals surface area contributed by atoms with Crippen LogP contribution in [0.2, 0.25) is 0 Å². The van der Waals surface area contributed by atoms with E-state index < -0.39 is 11.1 Å². The summed E-state index contributed by atoms with van der Waals surface area (Å²) < 4.78 is 14.5. The van der Waals surface area contributed by atoms with E-state index in [1.165, 1.54) is 22.0 Å². The summed E-state index contributed by atoms with van der Waals surface area (Å²) in [5.41, 5.74) is 0.908. The van der Waals surface area contributed by atoms with E-state index in [2.05, 4.69) is 51.9 Å². The van der Waals surface area contributed by atoms with Crippen molar-refractivity contribution in [1.82, 2.24) is 0 Å². The van der Waals surface area contributed by atoms with Gasteiger partial charge in [0.25, 0.3) is 0 Å². The molecule has 4 heteroatoms. The molecular formula is C26H20BrFNP. The third-order valence-corrected chi connectivity index (χ3v) is 15.0. The van der Waals surface area contributed by atoms with Crippen LogP contribution >= 0.6 is 20.8 Å². The molecule has 0 atom stereocenters. The van der Waals surface area contributed by atoms with Crippen LogP contribution in [-0.2, 0) is 6.16 Å². The molecular weight excluding hydrogens is 456 g/mol. The van der Waals surface area contributed by atoms with Gasteiger partial charge in [-0.3, -0.25) is 0 Å². The second-order valence-electron chi connectivity index (χ2n) is 7.27. The maximum absolute atomic E-state index is 14.5. The van der Waals surface area contributed by atoms with Crippen LogP contribution in [0.5, 0.6) is 0 Å². The molecule has 1 nitrogen and oxygen atoms in total. The van der Waals surface area contributed by atoms with Gasteiger partial charge in [0.05, 0.1) is 0 Å². The Morgan fingerprint density at radius 3 is 1.50 bits per heavy atom. The van der Waals surface area contributed by atoms with E-state index in [1.807, 2.05) is 66.7 Å². The molecule has 30 heavy (non-hydrogen) atoms. The molecule has 0 bridgehead atoms. The average Bonchev–Trinajstić information content (AvgIpc) is 2.81. The number of nitrogens with zero attached hydrogens (tertiary/aromatic N) is 1. The van der Waals surface area contributed by atoms with Crippen LogP contribution in [0.25, 0.3) is 0 Å². The third-order valence-electron chi connectivity index (χ3n) is 5.52. The maximum atomic E-state index is 14.5. The van der Waals surface area contributed by atoms with Crippen molar-refractivity contribution in [2.24, 2.45) is 0 Å². The molecule has 4 aromatic carbocycles. The molecule has 0 spiro atoms. The van der Waals surface area contributed by atoms with Gasteiger partial charge in [-0.05, 0) is 0 Å². The van der Waals surface area contributed by atoms with E-state index in [4.69, 9.17) is 5.26 Å². The minimum absolute atomic E-state index is 0.0628. The molecule has 0 amide bonds. The first kappa shape index (κ1) is 20.5. The van der Waals surface area contributed by atoms with Crippen LogP contribution in [0.3, 0.4) is 0 Å². The predicted molar refractivity (Wildman–Crippen MR) is 129 cm³/mol. The molecule has 0 N–H and O–H groups in total. The summed E-state index contributed by atoms with van der Waals surface area (Å²) in [6.07, 6.45) is 0.590. The number of benzene rings is 4. The van der Waals surface area contributed by atoms with Gasteiger partial charge in [-0.25, -0.2) is 0 Å². The third kappa shape index (κ3) is 3.37. The minimum atomic E-state index is -3.17. The molecule has 0 saturated heterocycles. The first-order chi connectivity index (χ1) is 14.6. The SMILES string of the molecule is N#Cc1ccc(CP(Br)(c2ccccc2)(c2ccccc2)c2ccccc2)cc1F. The van der Waals surface area contributed by atoms with Crippen molar-refractivity contribution in [2.75, 3.05) is 0 Å². The van der Waals surface area contributed by atoms with Crippen LogP contribution in [0, 0.1) is 17.1 Å². The molecule has 148 valence electrons. The van der Waals surface area contributed by atoms with Crippen molar-refractivity contribution >= 4 is 36.7 Å². The van der Waals surface area contributed by atoms with Crippen molar-refractivity contribution in [3.05, 3.63) is 126 Å². The summed E-state index contributed by atoms with van der Waals surface area (Å²) in [5, 5.41) is 9.48. The number of rotatable bonds is 5. The van der Waals surface area contributed by atoms with Gasteiger partial charge in [0.2, 0.25) is 0 Å². The van der Waals surface area contributed by atoms with Crippen LogP contribution in [-0.4, -0.2) is 0 Å². The standard InChI is InChI=1S/C26H20BrFNP/c27-30(23-10-4-1-5-11-23,24-12-6-2-7-13-24,25-14-8-3-9-15-25)20-21-16-17-22(19-29)26(28)18-21/h1-18H,20H2. The van der Waals surface area contributed by atoms with Gasteiger partial charge in [0.1, 0.15) is 0 Å². The van der Waals surface area contributed by atoms with Crippen molar-refractivity contribution in [3.63, 3.8) is 0 Å². The van der Waals surface area contributed by atoms with Crippen molar-refractivity contribution < 1.29 is 4.39 Å². The zero-order valence-corrected chi connectivity index (χ0v) is 18.7. The zero-order chi connectivity index (χ0) is 21.1. The normalized spacial score (nSPS) is 12.5. The van der Waals surface area contributed by atoms with Gasteiger partial charge in [0.15, 0.2) is 0 Å². The van der Waals surface area contributed by atoms with Crippen LogP contribution in [0.4, 0.5) is 4.39 Å². The first-order valence-electron chi connectivity index (χ1n) is 9.64. The summed E-state index contributed by atoms with van der Waals surface area (Å²) in [5.74, 6) is -0.484. The summed E-state index contributed by atoms with van der Waals surface area (Å²) in [7, 11) is 0. The Bertz CT molecular complexity index is 1100. The topological polar surface area (TPSA) is 23.8 Å². The fourth-order valence-corrected chi connectivity index (χ4v) is 11.7. The van der Waals surface area contributed by atoms with Crippen molar-refractivity contribution in [1.29, 1.82) is 5.26 Å². The van der Waals surface area contributed by atoms with Gasteiger partial charge in [-0.15, -0.1) is 0 Å². The van der Waals surface area contributed by atoms with E-state index in [0.29, 0.717) is 6.16 Å². The van der Waals surface area contributed by atoms with E-state index in [0.717, 1.165) is 5.56 Å². The van der Waals surface area contributed by atoms with E-state index in [1.54, 1.807) is 6.07 Å². The fourth-order valence-electron chi connectivity index (χ4n) is 4.03. The van der Waals surface area contributed by atoms with E-state index in [9.17, 15) is 4.39 Å².